The zero-order chi connectivity index (χ0) is 19.8. The fraction of sp³-hybridized carbons (Fsp3) is 0.364. The van der Waals surface area contributed by atoms with E-state index in [0.29, 0.717) is 25.5 Å². The van der Waals surface area contributed by atoms with E-state index in [-0.39, 0.29) is 11.8 Å². The van der Waals surface area contributed by atoms with Gasteiger partial charge in [0.1, 0.15) is 0 Å². The number of benzene rings is 2. The number of anilines is 1. The molecule has 0 radical (unpaired) electrons. The number of rotatable bonds is 8. The van der Waals surface area contributed by atoms with Crippen LogP contribution in [0, 0.1) is 5.92 Å². The molecule has 0 aromatic heterocycles. The van der Waals surface area contributed by atoms with E-state index in [4.69, 9.17) is 10.5 Å². The molecule has 3 N–H and O–H groups in total. The number of hydrogen-bond donors (Lipinski definition) is 2. The maximum atomic E-state index is 12.3. The van der Waals surface area contributed by atoms with E-state index in [9.17, 15) is 4.79 Å². The fourth-order valence-corrected chi connectivity index (χ4v) is 3.43. The minimum Gasteiger partial charge on any atom is -0.380 e. The molecule has 2 aromatic carbocycles. The molecule has 28 heavy (non-hydrogen) atoms. The lowest BCUT2D eigenvalue weighted by molar-refractivity contribution is -0.127. The monoisotopic (exact) mass is 380 g/mol. The second kappa shape index (κ2) is 9.90. The lowest BCUT2D eigenvalue weighted by atomic mass is 10.1. The summed E-state index contributed by atoms with van der Waals surface area (Å²) < 4.78 is 5.21. The first kappa shape index (κ1) is 19.9. The second-order valence-corrected chi connectivity index (χ2v) is 7.09. The Balaban J connectivity index is 1.49. The van der Waals surface area contributed by atoms with Crippen LogP contribution in [0.25, 0.3) is 0 Å². The highest BCUT2D eigenvalue weighted by Gasteiger charge is 2.28. The summed E-state index contributed by atoms with van der Waals surface area (Å²) in [7, 11) is 1.66. The number of para-hydroxylation sites is 1. The number of nitrogens with two attached hydrogens (primary N) is 1. The van der Waals surface area contributed by atoms with Gasteiger partial charge in [-0.3, -0.25) is 9.79 Å². The van der Waals surface area contributed by atoms with Crippen molar-refractivity contribution in [3.8, 4) is 0 Å². The van der Waals surface area contributed by atoms with Gasteiger partial charge in [-0.15, -0.1) is 0 Å². The highest BCUT2D eigenvalue weighted by Crippen LogP contribution is 2.19. The lowest BCUT2D eigenvalue weighted by Crippen LogP contribution is -2.28. The molecule has 0 spiro atoms. The SMILES string of the molecule is COCc1ccccc1NC(N)=NCC1CC(=O)N(CCc2ccccc2)C1. The van der Waals surface area contributed by atoms with Crippen molar-refractivity contribution in [2.75, 3.05) is 32.1 Å². The first-order valence-corrected chi connectivity index (χ1v) is 9.61. The molecule has 2 aromatic rings. The van der Waals surface area contributed by atoms with Gasteiger partial charge in [-0.1, -0.05) is 48.5 Å². The third-order valence-corrected chi connectivity index (χ3v) is 4.91. The van der Waals surface area contributed by atoms with Gasteiger partial charge < -0.3 is 20.7 Å². The molecule has 0 bridgehead atoms. The maximum absolute atomic E-state index is 12.3. The molecule has 148 valence electrons. The molecule has 1 saturated heterocycles. The first-order valence-electron chi connectivity index (χ1n) is 9.61. The Morgan fingerprint density at radius 2 is 1.96 bits per heavy atom. The first-order chi connectivity index (χ1) is 13.7. The van der Waals surface area contributed by atoms with Crippen molar-refractivity contribution in [2.24, 2.45) is 16.6 Å². The summed E-state index contributed by atoms with van der Waals surface area (Å²) in [6, 6.07) is 18.1. The van der Waals surface area contributed by atoms with Crippen LogP contribution in [0.15, 0.2) is 59.6 Å². The Labute approximate surface area is 166 Å². The summed E-state index contributed by atoms with van der Waals surface area (Å²) in [4.78, 5) is 18.7. The van der Waals surface area contributed by atoms with Gasteiger partial charge in [0.05, 0.1) is 6.61 Å². The van der Waals surface area contributed by atoms with Gasteiger partial charge in [-0.05, 0) is 18.1 Å². The van der Waals surface area contributed by atoms with Gasteiger partial charge in [0.15, 0.2) is 5.96 Å². The van der Waals surface area contributed by atoms with E-state index in [1.165, 1.54) is 5.56 Å². The average Bonchev–Trinajstić information content (AvgIpc) is 3.07. The molecule has 1 heterocycles. The smallest absolute Gasteiger partial charge is 0.223 e. The van der Waals surface area contributed by atoms with Crippen molar-refractivity contribution in [3.63, 3.8) is 0 Å². The quantitative estimate of drug-likeness (QED) is 0.545. The number of aliphatic imine (C=N–C) groups is 1. The number of carbonyl (C=O) groups is 1. The average molecular weight is 380 g/mol. The van der Waals surface area contributed by atoms with Crippen LogP contribution in [0.4, 0.5) is 5.69 Å². The maximum Gasteiger partial charge on any atom is 0.223 e. The molecule has 1 unspecified atom stereocenters. The molecule has 3 rings (SSSR count). The zero-order valence-corrected chi connectivity index (χ0v) is 16.3. The number of nitrogens with one attached hydrogen (secondary N) is 1. The number of guanidine groups is 1. The number of hydrogen-bond acceptors (Lipinski definition) is 3. The van der Waals surface area contributed by atoms with E-state index in [1.54, 1.807) is 7.11 Å². The molecule has 0 aliphatic carbocycles. The van der Waals surface area contributed by atoms with Crippen LogP contribution in [-0.4, -0.2) is 43.5 Å². The van der Waals surface area contributed by atoms with Crippen molar-refractivity contribution < 1.29 is 9.53 Å². The number of amides is 1. The molecule has 6 nitrogen and oxygen atoms in total. The van der Waals surface area contributed by atoms with Gasteiger partial charge in [0.2, 0.25) is 5.91 Å². The zero-order valence-electron chi connectivity index (χ0n) is 16.3. The van der Waals surface area contributed by atoms with E-state index < -0.39 is 0 Å². The van der Waals surface area contributed by atoms with Crippen LogP contribution in [0.5, 0.6) is 0 Å². The van der Waals surface area contributed by atoms with E-state index >= 15 is 0 Å². The molecule has 6 heteroatoms. The summed E-state index contributed by atoms with van der Waals surface area (Å²) in [5, 5.41) is 3.14. The Hall–Kier alpha value is -2.86. The predicted octanol–water partition coefficient (Wildman–Crippen LogP) is 2.65. The molecule has 1 aliphatic rings. The second-order valence-electron chi connectivity index (χ2n) is 7.09. The van der Waals surface area contributed by atoms with Crippen LogP contribution in [-0.2, 0) is 22.6 Å². The highest BCUT2D eigenvalue weighted by molar-refractivity contribution is 5.93. The third kappa shape index (κ3) is 5.57. The summed E-state index contributed by atoms with van der Waals surface area (Å²) in [5.74, 6) is 0.768. The van der Waals surface area contributed by atoms with Crippen molar-refractivity contribution in [3.05, 3.63) is 65.7 Å². The van der Waals surface area contributed by atoms with Gasteiger partial charge in [-0.25, -0.2) is 0 Å². The van der Waals surface area contributed by atoms with Crippen molar-refractivity contribution >= 4 is 17.6 Å². The molecule has 1 atom stereocenters. The summed E-state index contributed by atoms with van der Waals surface area (Å²) in [6.45, 7) is 2.53. The van der Waals surface area contributed by atoms with Gasteiger partial charge in [0, 0.05) is 50.3 Å². The number of methoxy groups -OCH3 is 1. The minimum absolute atomic E-state index is 0.202. The molecular formula is C22H28N4O2. The van der Waals surface area contributed by atoms with Crippen LogP contribution in [0.3, 0.4) is 0 Å². The number of ether oxygens (including phenoxy) is 1. The minimum atomic E-state index is 0.202. The Morgan fingerprint density at radius 1 is 1.21 bits per heavy atom. The highest BCUT2D eigenvalue weighted by atomic mass is 16.5. The van der Waals surface area contributed by atoms with E-state index in [1.807, 2.05) is 47.4 Å². The van der Waals surface area contributed by atoms with E-state index in [0.717, 1.165) is 30.8 Å². The van der Waals surface area contributed by atoms with Crippen molar-refractivity contribution in [1.82, 2.24) is 4.90 Å². The molecule has 1 aliphatic heterocycles. The lowest BCUT2D eigenvalue weighted by Gasteiger charge is -2.16. The summed E-state index contributed by atoms with van der Waals surface area (Å²) in [6.07, 6.45) is 1.41. The van der Waals surface area contributed by atoms with Gasteiger partial charge in [0.25, 0.3) is 0 Å². The Kier molecular flexibility index (Phi) is 7.03. The summed E-state index contributed by atoms with van der Waals surface area (Å²) in [5.41, 5.74) is 9.21. The fourth-order valence-electron chi connectivity index (χ4n) is 3.43. The van der Waals surface area contributed by atoms with Crippen LogP contribution in [0.2, 0.25) is 0 Å². The van der Waals surface area contributed by atoms with Crippen LogP contribution in [0.1, 0.15) is 17.5 Å². The number of likely N-dealkylation sites (tertiary alicyclic amines) is 1. The molecule has 1 amide bonds. The third-order valence-electron chi connectivity index (χ3n) is 4.91. The van der Waals surface area contributed by atoms with E-state index in [2.05, 4.69) is 22.4 Å². The molecule has 1 fully saturated rings. The molecular weight excluding hydrogens is 352 g/mol. The standard InChI is InChI=1S/C22H28N4O2/c1-28-16-19-9-5-6-10-20(19)25-22(23)24-14-18-13-21(27)26(15-18)12-11-17-7-3-2-4-8-17/h2-10,18H,11-16H2,1H3,(H3,23,24,25). The number of nitrogens with zero attached hydrogens (tertiary/aromatic N) is 2. The number of carbonyl (C=O) groups excluding carboxylic acids is 1. The molecule has 0 saturated carbocycles. The predicted molar refractivity (Wildman–Crippen MR) is 112 cm³/mol. The van der Waals surface area contributed by atoms with Crippen LogP contribution < -0.4 is 11.1 Å². The Morgan fingerprint density at radius 3 is 2.75 bits per heavy atom. The normalized spacial score (nSPS) is 17.2. The van der Waals surface area contributed by atoms with Crippen molar-refractivity contribution in [2.45, 2.75) is 19.4 Å². The van der Waals surface area contributed by atoms with Crippen LogP contribution >= 0.6 is 0 Å². The van der Waals surface area contributed by atoms with Gasteiger partial charge in [-0.2, -0.15) is 0 Å². The topological polar surface area (TPSA) is 80.0 Å². The van der Waals surface area contributed by atoms with Gasteiger partial charge >= 0.3 is 0 Å². The Bertz CT molecular complexity index is 807. The summed E-state index contributed by atoms with van der Waals surface area (Å²) >= 11 is 0. The largest absolute Gasteiger partial charge is 0.380 e. The van der Waals surface area contributed by atoms with Crippen molar-refractivity contribution in [1.29, 1.82) is 0 Å².